The Morgan fingerprint density at radius 3 is 2.77 bits per heavy atom. The largest absolute Gasteiger partial charge is 0.284 e. The van der Waals surface area contributed by atoms with Gasteiger partial charge in [0.1, 0.15) is 5.56 Å². The van der Waals surface area contributed by atoms with Crippen LogP contribution in [-0.4, -0.2) is 10.8 Å². The molecule has 66 valence electrons. The monoisotopic (exact) mass is 195 g/mol. The standard InChI is InChI=1S/C9H6ClNO2/c10-7-3-5-8-4-1-2-6-9(8)11(12)13/h1-2,4,6H,7H2. The average molecular weight is 196 g/mol. The third kappa shape index (κ3) is 2.46. The van der Waals surface area contributed by atoms with Crippen molar-refractivity contribution in [2.45, 2.75) is 0 Å². The van der Waals surface area contributed by atoms with E-state index in [9.17, 15) is 10.1 Å². The number of alkyl halides is 1. The molecule has 0 aromatic heterocycles. The van der Waals surface area contributed by atoms with Crippen LogP contribution in [0.5, 0.6) is 0 Å². The van der Waals surface area contributed by atoms with Crippen LogP contribution in [-0.2, 0) is 0 Å². The number of halogens is 1. The number of benzene rings is 1. The summed E-state index contributed by atoms with van der Waals surface area (Å²) >= 11 is 5.34. The van der Waals surface area contributed by atoms with Crippen molar-refractivity contribution in [1.29, 1.82) is 0 Å². The lowest BCUT2D eigenvalue weighted by Gasteiger charge is -1.92. The normalized spacial score (nSPS) is 8.69. The van der Waals surface area contributed by atoms with E-state index < -0.39 is 4.92 Å². The first-order valence-corrected chi connectivity index (χ1v) is 4.07. The number of nitro groups is 1. The first-order chi connectivity index (χ1) is 6.25. The molecule has 0 N–H and O–H groups in total. The Balaban J connectivity index is 3.12. The lowest BCUT2D eigenvalue weighted by atomic mass is 10.2. The highest BCUT2D eigenvalue weighted by molar-refractivity contribution is 6.19. The maximum atomic E-state index is 10.5. The molecule has 0 radical (unpaired) electrons. The zero-order valence-corrected chi connectivity index (χ0v) is 7.41. The predicted molar refractivity (Wildman–Crippen MR) is 50.7 cm³/mol. The fraction of sp³-hybridized carbons (Fsp3) is 0.111. The van der Waals surface area contributed by atoms with Gasteiger partial charge in [-0.3, -0.25) is 10.1 Å². The van der Waals surface area contributed by atoms with Gasteiger partial charge >= 0.3 is 0 Å². The van der Waals surface area contributed by atoms with Crippen molar-refractivity contribution in [2.24, 2.45) is 0 Å². The Bertz CT molecular complexity index is 379. The van der Waals surface area contributed by atoms with E-state index in [1.54, 1.807) is 18.2 Å². The molecule has 1 rings (SSSR count). The Morgan fingerprint density at radius 1 is 1.46 bits per heavy atom. The van der Waals surface area contributed by atoms with Gasteiger partial charge in [-0.25, -0.2) is 0 Å². The minimum absolute atomic E-state index is 0.0140. The average Bonchev–Trinajstić information content (AvgIpc) is 2.15. The highest BCUT2D eigenvalue weighted by Crippen LogP contribution is 2.15. The summed E-state index contributed by atoms with van der Waals surface area (Å²) in [6.07, 6.45) is 0. The summed E-state index contributed by atoms with van der Waals surface area (Å²) in [4.78, 5) is 10.0. The summed E-state index contributed by atoms with van der Waals surface area (Å²) in [5.74, 6) is 5.36. The van der Waals surface area contributed by atoms with E-state index in [2.05, 4.69) is 11.8 Å². The molecule has 0 atom stereocenters. The summed E-state index contributed by atoms with van der Waals surface area (Å²) in [6.45, 7) is 0. The van der Waals surface area contributed by atoms with Crippen LogP contribution in [0.25, 0.3) is 0 Å². The molecule has 1 aromatic carbocycles. The van der Waals surface area contributed by atoms with Gasteiger partial charge in [0, 0.05) is 6.07 Å². The van der Waals surface area contributed by atoms with E-state index in [0.717, 1.165) is 0 Å². The molecule has 0 aliphatic carbocycles. The molecular formula is C9H6ClNO2. The number of para-hydroxylation sites is 1. The van der Waals surface area contributed by atoms with Gasteiger partial charge in [0.05, 0.1) is 10.8 Å². The van der Waals surface area contributed by atoms with E-state index in [1.807, 2.05) is 0 Å². The van der Waals surface area contributed by atoms with Gasteiger partial charge in [-0.05, 0) is 6.07 Å². The molecule has 0 saturated heterocycles. The van der Waals surface area contributed by atoms with Crippen molar-refractivity contribution in [3.05, 3.63) is 39.9 Å². The minimum Gasteiger partial charge on any atom is -0.258 e. The Morgan fingerprint density at radius 2 is 2.15 bits per heavy atom. The molecule has 1 aromatic rings. The lowest BCUT2D eigenvalue weighted by Crippen LogP contribution is -1.91. The molecule has 0 saturated carbocycles. The van der Waals surface area contributed by atoms with Gasteiger partial charge in [-0.1, -0.05) is 24.0 Å². The number of nitrogens with zero attached hydrogens (tertiary/aromatic N) is 1. The zero-order valence-electron chi connectivity index (χ0n) is 6.66. The predicted octanol–water partition coefficient (Wildman–Crippen LogP) is 2.19. The second-order valence-corrected chi connectivity index (χ2v) is 2.48. The van der Waals surface area contributed by atoms with Crippen molar-refractivity contribution < 1.29 is 4.92 Å². The summed E-state index contributed by atoms with van der Waals surface area (Å²) in [5.41, 5.74) is 0.410. The maximum Gasteiger partial charge on any atom is 0.284 e. The van der Waals surface area contributed by atoms with Crippen LogP contribution in [0.2, 0.25) is 0 Å². The fourth-order valence-electron chi connectivity index (χ4n) is 0.867. The molecule has 0 bridgehead atoms. The Kier molecular flexibility index (Phi) is 3.30. The molecule has 3 nitrogen and oxygen atoms in total. The zero-order chi connectivity index (χ0) is 9.68. The van der Waals surface area contributed by atoms with Crippen LogP contribution < -0.4 is 0 Å². The number of hydrogen-bond donors (Lipinski definition) is 0. The number of hydrogen-bond acceptors (Lipinski definition) is 2. The quantitative estimate of drug-likeness (QED) is 0.298. The molecule has 0 unspecified atom stereocenters. The van der Waals surface area contributed by atoms with E-state index in [4.69, 9.17) is 11.6 Å². The fourth-order valence-corrected chi connectivity index (χ4v) is 0.934. The minimum atomic E-state index is -0.460. The van der Waals surface area contributed by atoms with Crippen LogP contribution in [0.15, 0.2) is 24.3 Å². The van der Waals surface area contributed by atoms with E-state index in [1.165, 1.54) is 6.07 Å². The van der Waals surface area contributed by atoms with E-state index in [0.29, 0.717) is 5.56 Å². The molecule has 0 amide bonds. The van der Waals surface area contributed by atoms with E-state index in [-0.39, 0.29) is 11.6 Å². The molecular weight excluding hydrogens is 190 g/mol. The third-order valence-electron chi connectivity index (χ3n) is 1.39. The topological polar surface area (TPSA) is 43.1 Å². The molecule has 4 heteroatoms. The highest BCUT2D eigenvalue weighted by atomic mass is 35.5. The van der Waals surface area contributed by atoms with Crippen LogP contribution in [0.1, 0.15) is 5.56 Å². The molecule has 0 aliphatic rings. The van der Waals surface area contributed by atoms with Gasteiger partial charge < -0.3 is 0 Å². The van der Waals surface area contributed by atoms with Gasteiger partial charge in [-0.15, -0.1) is 11.6 Å². The summed E-state index contributed by atoms with van der Waals surface area (Å²) in [7, 11) is 0. The van der Waals surface area contributed by atoms with Gasteiger partial charge in [0.25, 0.3) is 5.69 Å². The van der Waals surface area contributed by atoms with Crippen molar-refractivity contribution in [1.82, 2.24) is 0 Å². The molecule has 13 heavy (non-hydrogen) atoms. The summed E-state index contributed by atoms with van der Waals surface area (Å²) < 4.78 is 0. The van der Waals surface area contributed by atoms with Gasteiger partial charge in [0.2, 0.25) is 0 Å². The van der Waals surface area contributed by atoms with Crippen LogP contribution in [0, 0.1) is 22.0 Å². The summed E-state index contributed by atoms with van der Waals surface area (Å²) in [5, 5.41) is 10.5. The van der Waals surface area contributed by atoms with Crippen molar-refractivity contribution in [3.8, 4) is 11.8 Å². The number of nitro benzene ring substituents is 1. The lowest BCUT2D eigenvalue weighted by molar-refractivity contribution is -0.385. The maximum absolute atomic E-state index is 10.5. The molecule has 0 spiro atoms. The summed E-state index contributed by atoms with van der Waals surface area (Å²) in [6, 6.07) is 6.31. The Labute approximate surface area is 80.5 Å². The van der Waals surface area contributed by atoms with Crippen LogP contribution >= 0.6 is 11.6 Å². The smallest absolute Gasteiger partial charge is 0.258 e. The van der Waals surface area contributed by atoms with Gasteiger partial charge in [-0.2, -0.15) is 0 Å². The van der Waals surface area contributed by atoms with E-state index >= 15 is 0 Å². The van der Waals surface area contributed by atoms with Gasteiger partial charge in [0.15, 0.2) is 0 Å². The number of rotatable bonds is 1. The molecule has 0 aliphatic heterocycles. The molecule has 0 heterocycles. The van der Waals surface area contributed by atoms with Crippen LogP contribution in [0.3, 0.4) is 0 Å². The Hall–Kier alpha value is -1.53. The van der Waals surface area contributed by atoms with Crippen molar-refractivity contribution in [3.63, 3.8) is 0 Å². The first-order valence-electron chi connectivity index (χ1n) is 3.54. The first kappa shape index (κ1) is 9.56. The molecule has 0 fully saturated rings. The second kappa shape index (κ2) is 4.48. The third-order valence-corrected chi connectivity index (χ3v) is 1.52. The SMILES string of the molecule is O=[N+]([O-])c1ccccc1C#CCCl. The second-order valence-electron chi connectivity index (χ2n) is 2.21. The highest BCUT2D eigenvalue weighted by Gasteiger charge is 2.08. The van der Waals surface area contributed by atoms with Crippen molar-refractivity contribution in [2.75, 3.05) is 5.88 Å². The van der Waals surface area contributed by atoms with Crippen molar-refractivity contribution >= 4 is 17.3 Å². The van der Waals surface area contributed by atoms with Crippen LogP contribution in [0.4, 0.5) is 5.69 Å².